The number of amides is 1. The van der Waals surface area contributed by atoms with Gasteiger partial charge in [-0.15, -0.1) is 0 Å². The molecule has 3 unspecified atom stereocenters. The monoisotopic (exact) mass is 338 g/mol. The number of fused-ring (bicyclic) bond motifs is 4. The van der Waals surface area contributed by atoms with Crippen LogP contribution in [0.4, 0.5) is 13.2 Å². The van der Waals surface area contributed by atoms with Crippen LogP contribution in [0.2, 0.25) is 0 Å². The van der Waals surface area contributed by atoms with Gasteiger partial charge in [0.05, 0.1) is 5.56 Å². The summed E-state index contributed by atoms with van der Waals surface area (Å²) in [4.78, 5) is 12.7. The SMILES string of the molecule is CC1C2Cc3cc(C#N)c(O)cc3C1(C)CCN2C(=O)C(F)(F)F. The first-order chi connectivity index (χ1) is 11.1. The fourth-order valence-corrected chi connectivity index (χ4v) is 4.17. The zero-order valence-electron chi connectivity index (χ0n) is 13.3. The zero-order chi connectivity index (χ0) is 17.9. The number of piperidine rings is 1. The Balaban J connectivity index is 2.08. The van der Waals surface area contributed by atoms with Gasteiger partial charge < -0.3 is 10.0 Å². The summed E-state index contributed by atoms with van der Waals surface area (Å²) in [6, 6.07) is 4.40. The summed E-state index contributed by atoms with van der Waals surface area (Å²) in [5.74, 6) is -2.10. The topological polar surface area (TPSA) is 64.3 Å². The molecular weight excluding hydrogens is 321 g/mol. The van der Waals surface area contributed by atoms with Crippen molar-refractivity contribution in [3.8, 4) is 11.8 Å². The van der Waals surface area contributed by atoms with Gasteiger partial charge >= 0.3 is 12.1 Å². The number of alkyl halides is 3. The second-order valence-corrected chi connectivity index (χ2v) is 6.86. The van der Waals surface area contributed by atoms with Crippen LogP contribution < -0.4 is 0 Å². The van der Waals surface area contributed by atoms with Crippen molar-refractivity contribution in [2.75, 3.05) is 6.54 Å². The summed E-state index contributed by atoms with van der Waals surface area (Å²) in [6.07, 6.45) is -4.26. The lowest BCUT2D eigenvalue weighted by Crippen LogP contribution is -2.61. The summed E-state index contributed by atoms with van der Waals surface area (Å²) in [5, 5.41) is 19.0. The van der Waals surface area contributed by atoms with E-state index in [4.69, 9.17) is 5.26 Å². The van der Waals surface area contributed by atoms with E-state index in [0.29, 0.717) is 6.42 Å². The van der Waals surface area contributed by atoms with Crippen molar-refractivity contribution in [2.24, 2.45) is 5.92 Å². The fraction of sp³-hybridized carbons (Fsp3) is 0.529. The first-order valence-electron chi connectivity index (χ1n) is 7.74. The van der Waals surface area contributed by atoms with E-state index in [9.17, 15) is 23.1 Å². The third-order valence-corrected chi connectivity index (χ3v) is 5.74. The van der Waals surface area contributed by atoms with Gasteiger partial charge in [-0.1, -0.05) is 13.8 Å². The van der Waals surface area contributed by atoms with E-state index < -0.39 is 23.5 Å². The average molecular weight is 338 g/mol. The van der Waals surface area contributed by atoms with Crippen LogP contribution in [0.3, 0.4) is 0 Å². The largest absolute Gasteiger partial charge is 0.507 e. The molecule has 3 atom stereocenters. The van der Waals surface area contributed by atoms with Gasteiger partial charge in [-0.3, -0.25) is 4.79 Å². The van der Waals surface area contributed by atoms with Crippen LogP contribution in [0.1, 0.15) is 37.0 Å². The van der Waals surface area contributed by atoms with Gasteiger partial charge in [0.25, 0.3) is 0 Å². The third-order valence-electron chi connectivity index (χ3n) is 5.74. The number of phenols is 1. The summed E-state index contributed by atoms with van der Waals surface area (Å²) in [7, 11) is 0. The van der Waals surface area contributed by atoms with Crippen LogP contribution in [0, 0.1) is 17.2 Å². The molecule has 1 fully saturated rings. The van der Waals surface area contributed by atoms with E-state index in [1.807, 2.05) is 19.9 Å². The van der Waals surface area contributed by atoms with Gasteiger partial charge in [-0.2, -0.15) is 18.4 Å². The Morgan fingerprint density at radius 3 is 2.71 bits per heavy atom. The summed E-state index contributed by atoms with van der Waals surface area (Å²) in [5.41, 5.74) is 1.25. The summed E-state index contributed by atoms with van der Waals surface area (Å²) in [6.45, 7) is 3.83. The minimum Gasteiger partial charge on any atom is -0.507 e. The second-order valence-electron chi connectivity index (χ2n) is 6.86. The molecule has 1 aromatic carbocycles. The van der Waals surface area contributed by atoms with E-state index in [-0.39, 0.29) is 30.2 Å². The number of likely N-dealkylation sites (tertiary alicyclic amines) is 1. The molecule has 2 bridgehead atoms. The Hall–Kier alpha value is -2.23. The lowest BCUT2D eigenvalue weighted by molar-refractivity contribution is -0.192. The Kier molecular flexibility index (Phi) is 3.55. The van der Waals surface area contributed by atoms with Gasteiger partial charge in [0.2, 0.25) is 0 Å². The third kappa shape index (κ3) is 2.24. The van der Waals surface area contributed by atoms with E-state index >= 15 is 0 Å². The number of rotatable bonds is 0. The number of hydrogen-bond acceptors (Lipinski definition) is 3. The Morgan fingerprint density at radius 2 is 2.12 bits per heavy atom. The predicted molar refractivity (Wildman–Crippen MR) is 79.2 cm³/mol. The van der Waals surface area contributed by atoms with Crippen LogP contribution in [0.25, 0.3) is 0 Å². The van der Waals surface area contributed by atoms with Crippen molar-refractivity contribution < 1.29 is 23.1 Å². The highest BCUT2D eigenvalue weighted by Crippen LogP contribution is 2.50. The van der Waals surface area contributed by atoms with Crippen LogP contribution in [-0.4, -0.2) is 34.7 Å². The second kappa shape index (κ2) is 5.13. The number of aromatic hydroxyl groups is 1. The summed E-state index contributed by atoms with van der Waals surface area (Å²) < 4.78 is 38.6. The molecule has 1 N–H and O–H groups in total. The van der Waals surface area contributed by atoms with E-state index in [2.05, 4.69) is 0 Å². The van der Waals surface area contributed by atoms with Gasteiger partial charge in [0.15, 0.2) is 0 Å². The van der Waals surface area contributed by atoms with Crippen molar-refractivity contribution in [3.63, 3.8) is 0 Å². The highest BCUT2D eigenvalue weighted by molar-refractivity contribution is 5.82. The molecule has 128 valence electrons. The lowest BCUT2D eigenvalue weighted by Gasteiger charge is -2.54. The van der Waals surface area contributed by atoms with Crippen LogP contribution >= 0.6 is 0 Å². The molecule has 2 aliphatic rings. The van der Waals surface area contributed by atoms with Gasteiger partial charge in [-0.05, 0) is 47.4 Å². The molecule has 0 saturated carbocycles. The number of phenolic OH excluding ortho intramolecular Hbond substituents is 1. The molecule has 1 amide bonds. The van der Waals surface area contributed by atoms with Crippen LogP contribution in [-0.2, 0) is 16.6 Å². The Labute approximate surface area is 137 Å². The van der Waals surface area contributed by atoms with Crippen molar-refractivity contribution in [2.45, 2.75) is 44.3 Å². The molecule has 1 aliphatic carbocycles. The summed E-state index contributed by atoms with van der Waals surface area (Å²) >= 11 is 0. The average Bonchev–Trinajstić information content (AvgIpc) is 2.50. The van der Waals surface area contributed by atoms with Gasteiger partial charge in [-0.25, -0.2) is 0 Å². The molecule has 3 rings (SSSR count). The molecule has 7 heteroatoms. The molecule has 0 radical (unpaired) electrons. The number of hydrogen-bond donors (Lipinski definition) is 1. The van der Waals surface area contributed by atoms with Crippen molar-refractivity contribution in [1.82, 2.24) is 4.90 Å². The van der Waals surface area contributed by atoms with E-state index in [0.717, 1.165) is 16.0 Å². The quantitative estimate of drug-likeness (QED) is 0.791. The first-order valence-corrected chi connectivity index (χ1v) is 7.74. The minimum atomic E-state index is -4.89. The predicted octanol–water partition coefficient (Wildman–Crippen LogP) is 2.88. The van der Waals surface area contributed by atoms with Crippen LogP contribution in [0.15, 0.2) is 12.1 Å². The van der Waals surface area contributed by atoms with E-state index in [1.54, 1.807) is 6.07 Å². The van der Waals surface area contributed by atoms with E-state index in [1.165, 1.54) is 6.07 Å². The minimum absolute atomic E-state index is 0.0318. The zero-order valence-corrected chi connectivity index (χ0v) is 13.3. The molecule has 24 heavy (non-hydrogen) atoms. The molecule has 0 aromatic heterocycles. The Morgan fingerprint density at radius 1 is 1.46 bits per heavy atom. The normalized spacial score (nSPS) is 28.9. The number of carbonyl (C=O) groups is 1. The highest BCUT2D eigenvalue weighted by Gasteiger charge is 2.54. The lowest BCUT2D eigenvalue weighted by atomic mass is 9.59. The maximum atomic E-state index is 12.9. The number of nitriles is 1. The molecule has 1 aromatic rings. The fourth-order valence-electron chi connectivity index (χ4n) is 4.17. The molecule has 4 nitrogen and oxygen atoms in total. The molecule has 1 saturated heterocycles. The molecule has 1 heterocycles. The molecule has 1 aliphatic heterocycles. The first kappa shape index (κ1) is 16.6. The maximum absolute atomic E-state index is 12.9. The smallest absolute Gasteiger partial charge is 0.471 e. The molecule has 0 spiro atoms. The number of carbonyl (C=O) groups excluding carboxylic acids is 1. The number of benzene rings is 1. The highest BCUT2D eigenvalue weighted by atomic mass is 19.4. The van der Waals surface area contributed by atoms with Crippen molar-refractivity contribution in [3.05, 3.63) is 28.8 Å². The van der Waals surface area contributed by atoms with Gasteiger partial charge in [0, 0.05) is 12.6 Å². The number of halogens is 3. The van der Waals surface area contributed by atoms with Crippen LogP contribution in [0.5, 0.6) is 5.75 Å². The van der Waals surface area contributed by atoms with Crippen molar-refractivity contribution in [1.29, 1.82) is 5.26 Å². The Bertz CT molecular complexity index is 753. The maximum Gasteiger partial charge on any atom is 0.471 e. The standard InChI is InChI=1S/C17H17F3N2O2/c1-9-13-6-10-5-11(8-21)14(23)7-12(10)16(9,2)3-4-22(13)15(24)17(18,19)20/h5,7,9,13,23H,3-4,6H2,1-2H3. The van der Waals surface area contributed by atoms with Gasteiger partial charge in [0.1, 0.15) is 11.8 Å². The molecular formula is C17H17F3N2O2. The van der Waals surface area contributed by atoms with Crippen molar-refractivity contribution >= 4 is 5.91 Å². The number of nitrogens with zero attached hydrogens (tertiary/aromatic N) is 2.